The van der Waals surface area contributed by atoms with Gasteiger partial charge in [0, 0.05) is 19.1 Å². The van der Waals surface area contributed by atoms with Gasteiger partial charge in [-0.25, -0.2) is 8.78 Å². The van der Waals surface area contributed by atoms with Crippen LogP contribution < -0.4 is 5.73 Å². The lowest BCUT2D eigenvalue weighted by atomic mass is 10.3. The van der Waals surface area contributed by atoms with E-state index in [0.29, 0.717) is 19.1 Å². The number of nitrogens with zero attached hydrogens (tertiary/aromatic N) is 1. The van der Waals surface area contributed by atoms with Crippen molar-refractivity contribution in [3.63, 3.8) is 0 Å². The Morgan fingerprint density at radius 1 is 1.50 bits per heavy atom. The Balaban J connectivity index is 2.16. The van der Waals surface area contributed by atoms with E-state index < -0.39 is 13.0 Å². The summed E-state index contributed by atoms with van der Waals surface area (Å²) in [6, 6.07) is 0.311. The standard InChI is InChI=1S/C10H18F2N2O2/c11-9(12)7-16-6-3-10(15)14(5-4-13)8-1-2-8/h8-9H,1-7,13H2. The van der Waals surface area contributed by atoms with Gasteiger partial charge in [0.15, 0.2) is 0 Å². The van der Waals surface area contributed by atoms with E-state index in [2.05, 4.69) is 4.74 Å². The number of carbonyl (C=O) groups is 1. The second-order valence-corrected chi connectivity index (χ2v) is 3.82. The Morgan fingerprint density at radius 2 is 2.19 bits per heavy atom. The molecule has 94 valence electrons. The van der Waals surface area contributed by atoms with E-state index in [0.717, 1.165) is 12.8 Å². The molecule has 2 N–H and O–H groups in total. The molecule has 1 fully saturated rings. The fraction of sp³-hybridized carbons (Fsp3) is 0.900. The van der Waals surface area contributed by atoms with Gasteiger partial charge in [0.1, 0.15) is 6.61 Å². The average molecular weight is 236 g/mol. The molecule has 16 heavy (non-hydrogen) atoms. The van der Waals surface area contributed by atoms with Gasteiger partial charge in [-0.3, -0.25) is 4.79 Å². The molecule has 0 atom stereocenters. The minimum atomic E-state index is -2.47. The zero-order chi connectivity index (χ0) is 12.0. The first-order chi connectivity index (χ1) is 7.65. The third-order valence-corrected chi connectivity index (χ3v) is 2.38. The smallest absolute Gasteiger partial charge is 0.261 e. The second-order valence-electron chi connectivity index (χ2n) is 3.82. The summed E-state index contributed by atoms with van der Waals surface area (Å²) in [5.41, 5.74) is 5.40. The van der Waals surface area contributed by atoms with Crippen molar-refractivity contribution >= 4 is 5.91 Å². The van der Waals surface area contributed by atoms with Crippen molar-refractivity contribution in [2.24, 2.45) is 5.73 Å². The van der Waals surface area contributed by atoms with Crippen LogP contribution in [-0.4, -0.2) is 49.6 Å². The van der Waals surface area contributed by atoms with Crippen LogP contribution in [0.1, 0.15) is 19.3 Å². The molecular formula is C10H18F2N2O2. The van der Waals surface area contributed by atoms with E-state index in [1.54, 1.807) is 4.90 Å². The molecular weight excluding hydrogens is 218 g/mol. The van der Waals surface area contributed by atoms with Gasteiger partial charge < -0.3 is 15.4 Å². The molecule has 4 nitrogen and oxygen atoms in total. The maximum Gasteiger partial charge on any atom is 0.261 e. The number of hydrogen-bond donors (Lipinski definition) is 1. The van der Waals surface area contributed by atoms with Gasteiger partial charge in [-0.05, 0) is 12.8 Å². The molecule has 0 heterocycles. The van der Waals surface area contributed by atoms with Crippen molar-refractivity contribution in [2.45, 2.75) is 31.7 Å². The van der Waals surface area contributed by atoms with Crippen LogP contribution >= 0.6 is 0 Å². The minimum Gasteiger partial charge on any atom is -0.375 e. The van der Waals surface area contributed by atoms with Crippen LogP contribution in [0.5, 0.6) is 0 Å². The zero-order valence-electron chi connectivity index (χ0n) is 9.20. The van der Waals surface area contributed by atoms with E-state index >= 15 is 0 Å². The summed E-state index contributed by atoms with van der Waals surface area (Å²) in [5, 5.41) is 0. The van der Waals surface area contributed by atoms with Gasteiger partial charge in [-0.1, -0.05) is 0 Å². The molecule has 0 aliphatic heterocycles. The van der Waals surface area contributed by atoms with Gasteiger partial charge in [0.05, 0.1) is 13.0 Å². The molecule has 0 aromatic rings. The molecule has 0 aromatic carbocycles. The molecule has 1 amide bonds. The quantitative estimate of drug-likeness (QED) is 0.628. The SMILES string of the molecule is NCCN(C(=O)CCOCC(F)F)C1CC1. The largest absolute Gasteiger partial charge is 0.375 e. The average Bonchev–Trinajstić information content (AvgIpc) is 3.04. The molecule has 6 heteroatoms. The summed E-state index contributed by atoms with van der Waals surface area (Å²) in [7, 11) is 0. The van der Waals surface area contributed by atoms with E-state index in [1.807, 2.05) is 0 Å². The highest BCUT2D eigenvalue weighted by molar-refractivity contribution is 5.77. The normalized spacial score (nSPS) is 15.5. The van der Waals surface area contributed by atoms with Crippen molar-refractivity contribution in [2.75, 3.05) is 26.3 Å². The van der Waals surface area contributed by atoms with E-state index in [9.17, 15) is 13.6 Å². The highest BCUT2D eigenvalue weighted by Gasteiger charge is 2.31. The van der Waals surface area contributed by atoms with Crippen molar-refractivity contribution in [3.8, 4) is 0 Å². The fourth-order valence-corrected chi connectivity index (χ4v) is 1.51. The van der Waals surface area contributed by atoms with Crippen LogP contribution in [0, 0.1) is 0 Å². The lowest BCUT2D eigenvalue weighted by Gasteiger charge is -2.21. The summed E-state index contributed by atoms with van der Waals surface area (Å²) >= 11 is 0. The number of halogens is 2. The van der Waals surface area contributed by atoms with Crippen LogP contribution in [0.3, 0.4) is 0 Å². The van der Waals surface area contributed by atoms with Crippen molar-refractivity contribution in [1.29, 1.82) is 0 Å². The van der Waals surface area contributed by atoms with Gasteiger partial charge >= 0.3 is 0 Å². The zero-order valence-corrected chi connectivity index (χ0v) is 9.20. The van der Waals surface area contributed by atoms with Gasteiger partial charge in [0.25, 0.3) is 6.43 Å². The number of carbonyl (C=O) groups excluding carboxylic acids is 1. The number of hydrogen-bond acceptors (Lipinski definition) is 3. The summed E-state index contributed by atoms with van der Waals surface area (Å²) in [6.45, 7) is 0.420. The highest BCUT2D eigenvalue weighted by atomic mass is 19.3. The van der Waals surface area contributed by atoms with Crippen molar-refractivity contribution in [1.82, 2.24) is 4.90 Å². The first-order valence-corrected chi connectivity index (χ1v) is 5.50. The predicted octanol–water partition coefficient (Wildman–Crippen LogP) is 0.608. The molecule has 0 bridgehead atoms. The molecule has 1 aliphatic rings. The topological polar surface area (TPSA) is 55.6 Å². The minimum absolute atomic E-state index is 0.0525. The van der Waals surface area contributed by atoms with Gasteiger partial charge in [-0.15, -0.1) is 0 Å². The molecule has 0 aromatic heterocycles. The first kappa shape index (κ1) is 13.3. The Morgan fingerprint density at radius 3 is 2.69 bits per heavy atom. The lowest BCUT2D eigenvalue weighted by Crippen LogP contribution is -2.37. The molecule has 1 rings (SSSR count). The maximum atomic E-state index is 11.7. The van der Waals surface area contributed by atoms with Crippen LogP contribution in [-0.2, 0) is 9.53 Å². The maximum absolute atomic E-state index is 11.7. The number of amides is 1. The van der Waals surface area contributed by atoms with Gasteiger partial charge in [-0.2, -0.15) is 0 Å². The molecule has 0 unspecified atom stereocenters. The Bertz CT molecular complexity index is 223. The summed E-state index contributed by atoms with van der Waals surface area (Å²) in [4.78, 5) is 13.4. The molecule has 0 radical (unpaired) electrons. The second kappa shape index (κ2) is 6.75. The third kappa shape index (κ3) is 4.85. The van der Waals surface area contributed by atoms with E-state index in [4.69, 9.17) is 5.73 Å². The Kier molecular flexibility index (Phi) is 5.62. The predicted molar refractivity (Wildman–Crippen MR) is 55.2 cm³/mol. The highest BCUT2D eigenvalue weighted by Crippen LogP contribution is 2.26. The fourth-order valence-electron chi connectivity index (χ4n) is 1.51. The van der Waals surface area contributed by atoms with Gasteiger partial charge in [0.2, 0.25) is 5.91 Å². The number of ether oxygens (including phenoxy) is 1. The monoisotopic (exact) mass is 236 g/mol. The van der Waals surface area contributed by atoms with Crippen LogP contribution in [0.15, 0.2) is 0 Å². The van der Waals surface area contributed by atoms with Crippen molar-refractivity contribution in [3.05, 3.63) is 0 Å². The summed E-state index contributed by atoms with van der Waals surface area (Å²) < 4.78 is 28.1. The van der Waals surface area contributed by atoms with Crippen LogP contribution in [0.2, 0.25) is 0 Å². The third-order valence-electron chi connectivity index (χ3n) is 2.38. The molecule has 0 saturated heterocycles. The van der Waals surface area contributed by atoms with Crippen LogP contribution in [0.4, 0.5) is 8.78 Å². The first-order valence-electron chi connectivity index (χ1n) is 5.50. The molecule has 0 spiro atoms. The summed E-state index contributed by atoms with van der Waals surface area (Å²) in [5.74, 6) is -0.0535. The molecule has 1 saturated carbocycles. The number of rotatable bonds is 8. The lowest BCUT2D eigenvalue weighted by molar-refractivity contribution is -0.133. The summed E-state index contributed by atoms with van der Waals surface area (Å²) in [6.07, 6.45) is -0.282. The van der Waals surface area contributed by atoms with E-state index in [-0.39, 0.29) is 18.9 Å². The Labute approximate surface area is 93.7 Å². The van der Waals surface area contributed by atoms with Crippen molar-refractivity contribution < 1.29 is 18.3 Å². The molecule has 1 aliphatic carbocycles. The number of alkyl halides is 2. The number of nitrogens with two attached hydrogens (primary N) is 1. The van der Waals surface area contributed by atoms with E-state index in [1.165, 1.54) is 0 Å². The van der Waals surface area contributed by atoms with Crippen LogP contribution in [0.25, 0.3) is 0 Å². The Hall–Kier alpha value is -0.750.